The molecule has 2 N–H and O–H groups in total. The van der Waals surface area contributed by atoms with Crippen LogP contribution in [0.4, 0.5) is 5.82 Å². The summed E-state index contributed by atoms with van der Waals surface area (Å²) in [5.41, 5.74) is 7.14. The summed E-state index contributed by atoms with van der Waals surface area (Å²) in [4.78, 5) is 8.52. The second-order valence-corrected chi connectivity index (χ2v) is 2.45. The molecular formula is C6H7N3S. The maximum atomic E-state index is 5.46. The third kappa shape index (κ3) is 1.41. The first kappa shape index (κ1) is 6.95. The molecule has 0 radical (unpaired) electrons. The van der Waals surface area contributed by atoms with Crippen LogP contribution in [0.25, 0.3) is 0 Å². The molecule has 0 aliphatic rings. The van der Waals surface area contributed by atoms with Crippen molar-refractivity contribution in [1.82, 2.24) is 4.98 Å². The molecule has 3 nitrogen and oxygen atoms in total. The maximum Gasteiger partial charge on any atom is 0.143 e. The topological polar surface area (TPSA) is 51.3 Å². The highest BCUT2D eigenvalue weighted by Crippen LogP contribution is 2.11. The molecule has 1 rings (SSSR count). The summed E-state index contributed by atoms with van der Waals surface area (Å²) in [5.74, 6) is 0.524. The molecule has 0 atom stereocenters. The summed E-state index contributed by atoms with van der Waals surface area (Å²) < 4.78 is 0. The number of anilines is 1. The Hall–Kier alpha value is -1.16. The van der Waals surface area contributed by atoms with Crippen LogP contribution in [-0.2, 0) is 0 Å². The number of rotatable bonds is 2. The number of aliphatic imine (C=N–C) groups is 1. The van der Waals surface area contributed by atoms with E-state index in [9.17, 15) is 0 Å². The fourth-order valence-electron chi connectivity index (χ4n) is 0.481. The standard InChI is InChI=1S/C6H7N3S/c1-2-8-3-5-6(7)9-4-10-5/h2-4H,1,7H2. The molecule has 0 aromatic carbocycles. The van der Waals surface area contributed by atoms with Crippen molar-refractivity contribution in [2.45, 2.75) is 0 Å². The van der Waals surface area contributed by atoms with E-state index in [1.54, 1.807) is 11.7 Å². The van der Waals surface area contributed by atoms with Crippen LogP contribution in [0.5, 0.6) is 0 Å². The highest BCUT2D eigenvalue weighted by atomic mass is 32.1. The van der Waals surface area contributed by atoms with Gasteiger partial charge in [0, 0.05) is 12.4 Å². The summed E-state index contributed by atoms with van der Waals surface area (Å²) in [7, 11) is 0. The number of nitrogen functional groups attached to an aromatic ring is 1. The van der Waals surface area contributed by atoms with Gasteiger partial charge in [0.1, 0.15) is 5.82 Å². The molecule has 0 fully saturated rings. The van der Waals surface area contributed by atoms with Crippen LogP contribution >= 0.6 is 11.3 Å². The Morgan fingerprint density at radius 2 is 2.60 bits per heavy atom. The molecule has 0 aliphatic heterocycles. The first-order valence-electron chi connectivity index (χ1n) is 2.67. The molecule has 0 unspecified atom stereocenters. The van der Waals surface area contributed by atoms with Crippen molar-refractivity contribution < 1.29 is 0 Å². The average molecular weight is 153 g/mol. The Morgan fingerprint density at radius 1 is 1.80 bits per heavy atom. The lowest BCUT2D eigenvalue weighted by molar-refractivity contribution is 1.42. The quantitative estimate of drug-likeness (QED) is 0.651. The predicted molar refractivity (Wildman–Crippen MR) is 44.3 cm³/mol. The maximum absolute atomic E-state index is 5.46. The van der Waals surface area contributed by atoms with E-state index in [1.165, 1.54) is 17.5 Å². The smallest absolute Gasteiger partial charge is 0.143 e. The molecule has 52 valence electrons. The van der Waals surface area contributed by atoms with E-state index in [4.69, 9.17) is 5.73 Å². The molecule has 0 saturated heterocycles. The van der Waals surface area contributed by atoms with Gasteiger partial charge in [-0.2, -0.15) is 0 Å². The molecule has 1 aromatic rings. The van der Waals surface area contributed by atoms with Crippen LogP contribution in [0.3, 0.4) is 0 Å². The fraction of sp³-hybridized carbons (Fsp3) is 0. The Kier molecular flexibility index (Phi) is 2.17. The number of aromatic nitrogens is 1. The molecule has 1 aromatic heterocycles. The number of nitrogens with two attached hydrogens (primary N) is 1. The van der Waals surface area contributed by atoms with Crippen LogP contribution in [0.15, 0.2) is 23.3 Å². The van der Waals surface area contributed by atoms with Gasteiger partial charge in [-0.3, -0.25) is 4.99 Å². The zero-order valence-corrected chi connectivity index (χ0v) is 6.14. The SMILES string of the molecule is C=CN=Cc1scnc1N. The molecular weight excluding hydrogens is 146 g/mol. The Bertz CT molecular complexity index is 251. The normalized spacial score (nSPS) is 10.4. The third-order valence-electron chi connectivity index (χ3n) is 0.921. The van der Waals surface area contributed by atoms with Gasteiger partial charge < -0.3 is 5.73 Å². The van der Waals surface area contributed by atoms with E-state index in [2.05, 4.69) is 16.6 Å². The van der Waals surface area contributed by atoms with Gasteiger partial charge in [0.25, 0.3) is 0 Å². The Balaban J connectivity index is 2.83. The van der Waals surface area contributed by atoms with Gasteiger partial charge in [0.2, 0.25) is 0 Å². The zero-order valence-electron chi connectivity index (χ0n) is 5.32. The van der Waals surface area contributed by atoms with Crippen molar-refractivity contribution in [3.8, 4) is 0 Å². The van der Waals surface area contributed by atoms with Crippen molar-refractivity contribution in [3.63, 3.8) is 0 Å². The minimum Gasteiger partial charge on any atom is -0.382 e. The summed E-state index contributed by atoms with van der Waals surface area (Å²) in [6.07, 6.45) is 3.10. The summed E-state index contributed by atoms with van der Waals surface area (Å²) >= 11 is 1.46. The van der Waals surface area contributed by atoms with Gasteiger partial charge in [-0.15, -0.1) is 11.3 Å². The first-order valence-corrected chi connectivity index (χ1v) is 3.55. The molecule has 0 aliphatic carbocycles. The van der Waals surface area contributed by atoms with Gasteiger partial charge in [-0.1, -0.05) is 6.58 Å². The van der Waals surface area contributed by atoms with E-state index in [-0.39, 0.29) is 0 Å². The van der Waals surface area contributed by atoms with Gasteiger partial charge in [-0.25, -0.2) is 4.98 Å². The molecule has 4 heteroatoms. The molecule has 0 spiro atoms. The molecule has 0 bridgehead atoms. The minimum atomic E-state index is 0.524. The third-order valence-corrected chi connectivity index (χ3v) is 1.70. The van der Waals surface area contributed by atoms with E-state index in [0.717, 1.165) is 4.88 Å². The highest BCUT2D eigenvalue weighted by Gasteiger charge is 1.95. The van der Waals surface area contributed by atoms with Crippen molar-refractivity contribution in [3.05, 3.63) is 23.2 Å². The fourth-order valence-corrected chi connectivity index (χ4v) is 1.06. The molecule has 1 heterocycles. The largest absolute Gasteiger partial charge is 0.382 e. The van der Waals surface area contributed by atoms with Crippen LogP contribution in [0, 0.1) is 0 Å². The number of thiazole rings is 1. The van der Waals surface area contributed by atoms with Crippen molar-refractivity contribution in [2.75, 3.05) is 5.73 Å². The van der Waals surface area contributed by atoms with E-state index >= 15 is 0 Å². The Labute approximate surface area is 62.9 Å². The highest BCUT2D eigenvalue weighted by molar-refractivity contribution is 7.12. The van der Waals surface area contributed by atoms with Crippen LogP contribution in [-0.4, -0.2) is 11.2 Å². The average Bonchev–Trinajstić information content (AvgIpc) is 2.31. The number of hydrogen-bond acceptors (Lipinski definition) is 4. The van der Waals surface area contributed by atoms with Crippen LogP contribution in [0.2, 0.25) is 0 Å². The predicted octanol–water partition coefficient (Wildman–Crippen LogP) is 1.29. The molecule has 10 heavy (non-hydrogen) atoms. The van der Waals surface area contributed by atoms with Crippen LogP contribution < -0.4 is 5.73 Å². The van der Waals surface area contributed by atoms with Gasteiger partial charge in [0.15, 0.2) is 0 Å². The number of hydrogen-bond donors (Lipinski definition) is 1. The Morgan fingerprint density at radius 3 is 3.10 bits per heavy atom. The minimum absolute atomic E-state index is 0.524. The summed E-state index contributed by atoms with van der Waals surface area (Å²) in [5, 5.41) is 0. The van der Waals surface area contributed by atoms with E-state index in [1.807, 2.05) is 0 Å². The van der Waals surface area contributed by atoms with Crippen molar-refractivity contribution in [1.29, 1.82) is 0 Å². The monoisotopic (exact) mass is 153 g/mol. The lowest BCUT2D eigenvalue weighted by Gasteiger charge is -1.83. The lowest BCUT2D eigenvalue weighted by Crippen LogP contribution is -1.88. The number of nitrogens with zero attached hydrogens (tertiary/aromatic N) is 2. The van der Waals surface area contributed by atoms with E-state index in [0.29, 0.717) is 5.82 Å². The first-order chi connectivity index (χ1) is 4.84. The van der Waals surface area contributed by atoms with Crippen LogP contribution in [0.1, 0.15) is 4.88 Å². The van der Waals surface area contributed by atoms with Gasteiger partial charge in [0.05, 0.1) is 10.4 Å². The zero-order chi connectivity index (χ0) is 7.40. The van der Waals surface area contributed by atoms with Crippen molar-refractivity contribution in [2.24, 2.45) is 4.99 Å². The second-order valence-electron chi connectivity index (χ2n) is 1.56. The summed E-state index contributed by atoms with van der Waals surface area (Å²) in [6, 6.07) is 0. The van der Waals surface area contributed by atoms with Gasteiger partial charge >= 0.3 is 0 Å². The van der Waals surface area contributed by atoms with Gasteiger partial charge in [-0.05, 0) is 0 Å². The molecule has 0 saturated carbocycles. The second kappa shape index (κ2) is 3.12. The summed E-state index contributed by atoms with van der Waals surface area (Å²) in [6.45, 7) is 3.44. The lowest BCUT2D eigenvalue weighted by atomic mass is 10.5. The van der Waals surface area contributed by atoms with E-state index < -0.39 is 0 Å². The molecule has 0 amide bonds. The van der Waals surface area contributed by atoms with Crippen molar-refractivity contribution >= 4 is 23.4 Å².